The number of anilines is 1. The Morgan fingerprint density at radius 2 is 1.95 bits per heavy atom. The molecule has 1 aromatic heterocycles. The Morgan fingerprint density at radius 1 is 1.14 bits per heavy atom. The summed E-state index contributed by atoms with van der Waals surface area (Å²) in [6, 6.07) is 11.2. The van der Waals surface area contributed by atoms with E-state index in [-0.39, 0.29) is 0 Å². The van der Waals surface area contributed by atoms with Gasteiger partial charge in [0.05, 0.1) is 5.69 Å². The van der Waals surface area contributed by atoms with E-state index < -0.39 is 0 Å². The van der Waals surface area contributed by atoms with Gasteiger partial charge >= 0.3 is 0 Å². The Balaban J connectivity index is 2.16. The summed E-state index contributed by atoms with van der Waals surface area (Å²) in [5.41, 5.74) is 9.13. The van der Waals surface area contributed by atoms with Gasteiger partial charge in [-0.2, -0.15) is 4.68 Å². The van der Waals surface area contributed by atoms with Crippen molar-refractivity contribution < 1.29 is 0 Å². The minimum atomic E-state index is 0.546. The first-order valence-electron chi connectivity index (χ1n) is 6.15. The first-order chi connectivity index (χ1) is 10.0. The van der Waals surface area contributed by atoms with Gasteiger partial charge in [-0.05, 0) is 59.3 Å². The highest BCUT2D eigenvalue weighted by Crippen LogP contribution is 2.26. The summed E-state index contributed by atoms with van der Waals surface area (Å²) in [6.07, 6.45) is 0. The maximum Gasteiger partial charge on any atom is 0.187 e. The monoisotopic (exact) mass is 363 g/mol. The summed E-state index contributed by atoms with van der Waals surface area (Å²) in [7, 11) is 0. The van der Waals surface area contributed by atoms with Gasteiger partial charge in [-0.25, -0.2) is 0 Å². The van der Waals surface area contributed by atoms with Gasteiger partial charge in [0.25, 0.3) is 0 Å². The Hall–Kier alpha value is -1.92. The molecule has 21 heavy (non-hydrogen) atoms. The number of hydrogen-bond acceptors (Lipinski definition) is 4. The van der Waals surface area contributed by atoms with Crippen LogP contribution in [0, 0.1) is 6.92 Å². The Morgan fingerprint density at radius 3 is 2.67 bits per heavy atom. The number of nitrogens with zero attached hydrogens (tertiary/aromatic N) is 4. The van der Waals surface area contributed by atoms with Gasteiger partial charge in [-0.1, -0.05) is 27.5 Å². The zero-order chi connectivity index (χ0) is 15.0. The largest absolute Gasteiger partial charge is 0.399 e. The van der Waals surface area contributed by atoms with Gasteiger partial charge in [0.15, 0.2) is 5.82 Å². The van der Waals surface area contributed by atoms with Gasteiger partial charge in [-0.15, -0.1) is 5.10 Å². The minimum absolute atomic E-state index is 0.546. The molecule has 0 saturated carbocycles. The SMILES string of the molecule is Cc1cc(Br)cc(-n2nnnc2-c2cc(N)cc(Cl)c2)c1. The second-order valence-corrected chi connectivity index (χ2v) is 6.03. The molecule has 7 heteroatoms. The van der Waals surface area contributed by atoms with Gasteiger partial charge in [0, 0.05) is 20.7 Å². The molecule has 0 atom stereocenters. The summed E-state index contributed by atoms with van der Waals surface area (Å²) < 4.78 is 2.62. The van der Waals surface area contributed by atoms with E-state index in [9.17, 15) is 0 Å². The molecular formula is C14H11BrClN5. The maximum absolute atomic E-state index is 6.05. The van der Waals surface area contributed by atoms with Crippen molar-refractivity contribution in [3.63, 3.8) is 0 Å². The molecule has 0 saturated heterocycles. The molecule has 0 radical (unpaired) electrons. The zero-order valence-corrected chi connectivity index (χ0v) is 13.4. The third-order valence-electron chi connectivity index (χ3n) is 2.92. The number of aromatic nitrogens is 4. The summed E-state index contributed by atoms with van der Waals surface area (Å²) in [4.78, 5) is 0. The molecule has 0 unspecified atom stereocenters. The predicted molar refractivity (Wildman–Crippen MR) is 86.4 cm³/mol. The second kappa shape index (κ2) is 5.46. The number of halogens is 2. The number of hydrogen-bond donors (Lipinski definition) is 1. The lowest BCUT2D eigenvalue weighted by Gasteiger charge is -2.07. The molecule has 3 aromatic rings. The summed E-state index contributed by atoms with van der Waals surface area (Å²) in [5, 5.41) is 12.4. The molecule has 3 rings (SSSR count). The molecule has 0 aliphatic carbocycles. The molecule has 2 N–H and O–H groups in total. The number of tetrazole rings is 1. The second-order valence-electron chi connectivity index (χ2n) is 4.67. The highest BCUT2D eigenvalue weighted by atomic mass is 79.9. The van der Waals surface area contributed by atoms with Crippen molar-refractivity contribution in [3.8, 4) is 17.1 Å². The lowest BCUT2D eigenvalue weighted by atomic mass is 10.1. The van der Waals surface area contributed by atoms with Crippen molar-refractivity contribution in [2.75, 3.05) is 5.73 Å². The zero-order valence-electron chi connectivity index (χ0n) is 11.1. The fourth-order valence-corrected chi connectivity index (χ4v) is 2.96. The molecule has 0 bridgehead atoms. The lowest BCUT2D eigenvalue weighted by molar-refractivity contribution is 0.790. The highest BCUT2D eigenvalue weighted by molar-refractivity contribution is 9.10. The number of benzene rings is 2. The van der Waals surface area contributed by atoms with Crippen molar-refractivity contribution in [2.24, 2.45) is 0 Å². The van der Waals surface area contributed by atoms with E-state index in [1.807, 2.05) is 25.1 Å². The fraction of sp³-hybridized carbons (Fsp3) is 0.0714. The van der Waals surface area contributed by atoms with E-state index in [4.69, 9.17) is 17.3 Å². The van der Waals surface area contributed by atoms with Gasteiger partial charge in [0.1, 0.15) is 0 Å². The quantitative estimate of drug-likeness (QED) is 0.705. The number of nitrogens with two attached hydrogens (primary N) is 1. The summed E-state index contributed by atoms with van der Waals surface area (Å²) >= 11 is 9.53. The first kappa shape index (κ1) is 14.0. The van der Waals surface area contributed by atoms with E-state index in [1.165, 1.54) is 0 Å². The number of nitrogen functional groups attached to an aromatic ring is 1. The molecule has 106 valence electrons. The van der Waals surface area contributed by atoms with E-state index in [2.05, 4.69) is 31.5 Å². The van der Waals surface area contributed by atoms with E-state index in [1.54, 1.807) is 22.9 Å². The Kier molecular flexibility index (Phi) is 3.65. The Bertz CT molecular complexity index is 708. The van der Waals surface area contributed by atoms with Crippen LogP contribution in [0.1, 0.15) is 5.56 Å². The van der Waals surface area contributed by atoms with E-state index in [0.29, 0.717) is 16.5 Å². The predicted octanol–water partition coefficient (Wildman–Crippen LogP) is 3.64. The minimum Gasteiger partial charge on any atom is -0.399 e. The normalized spacial score (nSPS) is 10.8. The van der Waals surface area contributed by atoms with Crippen LogP contribution in [0.3, 0.4) is 0 Å². The van der Waals surface area contributed by atoms with Crippen molar-refractivity contribution in [1.82, 2.24) is 20.2 Å². The summed E-state index contributed by atoms with van der Waals surface area (Å²) in [6.45, 7) is 2.01. The smallest absolute Gasteiger partial charge is 0.187 e. The Labute approximate surface area is 134 Å². The van der Waals surface area contributed by atoms with Gasteiger partial charge < -0.3 is 5.73 Å². The van der Waals surface area contributed by atoms with Gasteiger partial charge in [-0.3, -0.25) is 0 Å². The molecule has 0 aliphatic heterocycles. The molecule has 0 fully saturated rings. The van der Waals surface area contributed by atoms with Gasteiger partial charge in [0.2, 0.25) is 0 Å². The molecule has 5 nitrogen and oxygen atoms in total. The van der Waals surface area contributed by atoms with Crippen molar-refractivity contribution in [3.05, 3.63) is 51.5 Å². The first-order valence-corrected chi connectivity index (χ1v) is 7.32. The number of rotatable bonds is 2. The van der Waals surface area contributed by atoms with Crippen LogP contribution in [0.2, 0.25) is 5.02 Å². The average Bonchev–Trinajstić information content (AvgIpc) is 2.85. The average molecular weight is 365 g/mol. The molecule has 0 aliphatic rings. The molecule has 1 heterocycles. The molecule has 0 spiro atoms. The van der Waals surface area contributed by atoms with Crippen molar-refractivity contribution in [2.45, 2.75) is 6.92 Å². The van der Waals surface area contributed by atoms with Crippen LogP contribution in [-0.2, 0) is 0 Å². The molecular weight excluding hydrogens is 354 g/mol. The van der Waals surface area contributed by atoms with E-state index in [0.717, 1.165) is 21.3 Å². The van der Waals surface area contributed by atoms with Crippen LogP contribution in [0.4, 0.5) is 5.69 Å². The maximum atomic E-state index is 6.05. The van der Waals surface area contributed by atoms with Crippen LogP contribution in [0.5, 0.6) is 0 Å². The van der Waals surface area contributed by atoms with Crippen LogP contribution in [0.25, 0.3) is 17.1 Å². The van der Waals surface area contributed by atoms with E-state index >= 15 is 0 Å². The third kappa shape index (κ3) is 2.91. The molecule has 0 amide bonds. The highest BCUT2D eigenvalue weighted by Gasteiger charge is 2.12. The summed E-state index contributed by atoms with van der Waals surface area (Å²) in [5.74, 6) is 0.585. The topological polar surface area (TPSA) is 69.6 Å². The van der Waals surface area contributed by atoms with Crippen molar-refractivity contribution >= 4 is 33.2 Å². The molecule has 2 aromatic carbocycles. The fourth-order valence-electron chi connectivity index (χ4n) is 2.12. The number of aryl methyl sites for hydroxylation is 1. The van der Waals surface area contributed by atoms with Crippen LogP contribution in [-0.4, -0.2) is 20.2 Å². The third-order valence-corrected chi connectivity index (χ3v) is 3.60. The van der Waals surface area contributed by atoms with Crippen LogP contribution >= 0.6 is 27.5 Å². The van der Waals surface area contributed by atoms with Crippen LogP contribution in [0.15, 0.2) is 40.9 Å². The van der Waals surface area contributed by atoms with Crippen molar-refractivity contribution in [1.29, 1.82) is 0 Å². The standard InChI is InChI=1S/C14H11BrClN5/c1-8-2-10(15)6-13(3-8)21-14(18-19-20-21)9-4-11(16)7-12(17)5-9/h2-7H,17H2,1H3. The lowest BCUT2D eigenvalue weighted by Crippen LogP contribution is -2.01. The van der Waals surface area contributed by atoms with Crippen LogP contribution < -0.4 is 5.73 Å².